The molecule has 0 atom stereocenters. The zero-order chi connectivity index (χ0) is 12.5. The molecule has 2 aromatic rings. The highest BCUT2D eigenvalue weighted by atomic mass is 32.2. The molecule has 4 nitrogen and oxygen atoms in total. The van der Waals surface area contributed by atoms with Crippen LogP contribution in [0, 0.1) is 6.92 Å². The molecular formula is C12H16N2O2S. The van der Waals surface area contributed by atoms with Gasteiger partial charge >= 0.3 is 0 Å². The molecule has 0 N–H and O–H groups in total. The van der Waals surface area contributed by atoms with Crippen molar-refractivity contribution in [3.63, 3.8) is 0 Å². The van der Waals surface area contributed by atoms with Gasteiger partial charge in [0.25, 0.3) is 5.22 Å². The highest BCUT2D eigenvalue weighted by Gasteiger charge is 2.19. The standard InChI is InChI=1S/C12H16N2O2S/c1-8-5-9(14-16-8)7-17-11-13-6-10(15-11)12(2,3)4/h5-6H,7H2,1-4H3. The van der Waals surface area contributed by atoms with Crippen LogP contribution in [0.25, 0.3) is 0 Å². The minimum atomic E-state index is -0.00368. The van der Waals surface area contributed by atoms with E-state index >= 15 is 0 Å². The third-order valence-corrected chi connectivity index (χ3v) is 3.12. The zero-order valence-corrected chi connectivity index (χ0v) is 11.3. The molecule has 0 spiro atoms. The predicted octanol–water partition coefficient (Wildman–Crippen LogP) is 3.56. The summed E-state index contributed by atoms with van der Waals surface area (Å²) in [7, 11) is 0. The summed E-state index contributed by atoms with van der Waals surface area (Å²) in [5.41, 5.74) is 0.902. The first-order valence-corrected chi connectivity index (χ1v) is 6.45. The Morgan fingerprint density at radius 2 is 2.12 bits per heavy atom. The van der Waals surface area contributed by atoms with Crippen molar-refractivity contribution in [2.24, 2.45) is 0 Å². The summed E-state index contributed by atoms with van der Waals surface area (Å²) in [5.74, 6) is 2.43. The van der Waals surface area contributed by atoms with Crippen LogP contribution in [0.4, 0.5) is 0 Å². The highest BCUT2D eigenvalue weighted by Crippen LogP contribution is 2.28. The van der Waals surface area contributed by atoms with Crippen LogP contribution in [0.15, 0.2) is 26.4 Å². The van der Waals surface area contributed by atoms with Gasteiger partial charge in [-0.3, -0.25) is 0 Å². The van der Waals surface area contributed by atoms with Gasteiger partial charge in [-0.1, -0.05) is 37.7 Å². The van der Waals surface area contributed by atoms with Gasteiger partial charge in [0.05, 0.1) is 11.9 Å². The summed E-state index contributed by atoms with van der Waals surface area (Å²) in [5, 5.41) is 4.60. The summed E-state index contributed by atoms with van der Waals surface area (Å²) < 4.78 is 10.7. The van der Waals surface area contributed by atoms with E-state index in [1.165, 1.54) is 11.8 Å². The van der Waals surface area contributed by atoms with Crippen molar-refractivity contribution in [3.05, 3.63) is 29.5 Å². The number of aryl methyl sites for hydroxylation is 1. The molecule has 0 aliphatic heterocycles. The van der Waals surface area contributed by atoms with Crippen LogP contribution in [0.1, 0.15) is 38.0 Å². The molecule has 2 rings (SSSR count). The number of oxazole rings is 1. The summed E-state index contributed by atoms with van der Waals surface area (Å²) in [6.45, 7) is 8.18. The van der Waals surface area contributed by atoms with Gasteiger partial charge in [0, 0.05) is 17.2 Å². The van der Waals surface area contributed by atoms with E-state index in [0.29, 0.717) is 11.0 Å². The van der Waals surface area contributed by atoms with E-state index in [-0.39, 0.29) is 5.41 Å². The van der Waals surface area contributed by atoms with Gasteiger partial charge in [-0.25, -0.2) is 4.98 Å². The first kappa shape index (κ1) is 12.2. The van der Waals surface area contributed by atoms with Gasteiger partial charge in [0.1, 0.15) is 11.5 Å². The largest absolute Gasteiger partial charge is 0.436 e. The summed E-state index contributed by atoms with van der Waals surface area (Å²) in [4.78, 5) is 4.24. The summed E-state index contributed by atoms with van der Waals surface area (Å²) in [6.07, 6.45) is 1.79. The molecule has 0 aliphatic carbocycles. The second-order valence-corrected chi connectivity index (χ2v) is 5.88. The van der Waals surface area contributed by atoms with Crippen molar-refractivity contribution >= 4 is 11.8 Å². The average Bonchev–Trinajstić information content (AvgIpc) is 2.82. The minimum absolute atomic E-state index is 0.00368. The Hall–Kier alpha value is -1.23. The Balaban J connectivity index is 1.98. The third-order valence-electron chi connectivity index (χ3n) is 2.24. The quantitative estimate of drug-likeness (QED) is 0.782. The van der Waals surface area contributed by atoms with Gasteiger partial charge in [0.15, 0.2) is 0 Å². The summed E-state index contributed by atoms with van der Waals surface area (Å²) >= 11 is 1.52. The van der Waals surface area contributed by atoms with Crippen LogP contribution in [0.3, 0.4) is 0 Å². The van der Waals surface area contributed by atoms with Gasteiger partial charge in [-0.15, -0.1) is 0 Å². The molecule has 2 heterocycles. The first-order valence-electron chi connectivity index (χ1n) is 5.46. The van der Waals surface area contributed by atoms with Crippen molar-refractivity contribution < 1.29 is 8.94 Å². The maximum absolute atomic E-state index is 5.67. The number of aromatic nitrogens is 2. The molecule has 5 heteroatoms. The molecule has 0 fully saturated rings. The third kappa shape index (κ3) is 3.12. The van der Waals surface area contributed by atoms with Crippen molar-refractivity contribution in [2.75, 3.05) is 0 Å². The fourth-order valence-electron chi connectivity index (χ4n) is 1.29. The maximum atomic E-state index is 5.67. The van der Waals surface area contributed by atoms with E-state index in [4.69, 9.17) is 8.94 Å². The molecule has 17 heavy (non-hydrogen) atoms. The van der Waals surface area contributed by atoms with Crippen molar-refractivity contribution in [1.82, 2.24) is 10.1 Å². The Labute approximate surface area is 105 Å². The van der Waals surface area contributed by atoms with E-state index in [9.17, 15) is 0 Å². The Kier molecular flexibility index (Phi) is 3.28. The topological polar surface area (TPSA) is 52.1 Å². The van der Waals surface area contributed by atoms with Gasteiger partial charge in [-0.05, 0) is 6.92 Å². The second kappa shape index (κ2) is 4.56. The molecule has 0 amide bonds. The molecule has 0 aromatic carbocycles. The van der Waals surface area contributed by atoms with Crippen LogP contribution in [0.2, 0.25) is 0 Å². The normalized spacial score (nSPS) is 12.0. The monoisotopic (exact) mass is 252 g/mol. The van der Waals surface area contributed by atoms with E-state index in [1.807, 2.05) is 13.0 Å². The second-order valence-electron chi connectivity index (χ2n) is 4.96. The van der Waals surface area contributed by atoms with Crippen molar-refractivity contribution in [1.29, 1.82) is 0 Å². The molecule has 0 bridgehead atoms. The number of thioether (sulfide) groups is 1. The molecule has 0 unspecified atom stereocenters. The zero-order valence-electron chi connectivity index (χ0n) is 10.5. The Morgan fingerprint density at radius 3 is 2.65 bits per heavy atom. The fourth-order valence-corrected chi connectivity index (χ4v) is 1.98. The van der Waals surface area contributed by atoms with E-state index in [2.05, 4.69) is 30.9 Å². The van der Waals surface area contributed by atoms with Crippen molar-refractivity contribution in [3.8, 4) is 0 Å². The van der Waals surface area contributed by atoms with Crippen LogP contribution < -0.4 is 0 Å². The summed E-state index contributed by atoms with van der Waals surface area (Å²) in [6, 6.07) is 1.92. The lowest BCUT2D eigenvalue weighted by Gasteiger charge is -2.12. The molecule has 0 aliphatic rings. The van der Waals surface area contributed by atoms with Crippen LogP contribution in [0.5, 0.6) is 0 Å². The molecular weight excluding hydrogens is 236 g/mol. The van der Waals surface area contributed by atoms with Crippen molar-refractivity contribution in [2.45, 2.75) is 44.1 Å². The Bertz CT molecular complexity index is 497. The number of rotatable bonds is 3. The molecule has 0 saturated heterocycles. The van der Waals surface area contributed by atoms with Gasteiger partial charge in [0.2, 0.25) is 0 Å². The van der Waals surface area contributed by atoms with Crippen LogP contribution in [-0.2, 0) is 11.2 Å². The lowest BCUT2D eigenvalue weighted by atomic mass is 9.94. The fraction of sp³-hybridized carbons (Fsp3) is 0.500. The lowest BCUT2D eigenvalue weighted by Crippen LogP contribution is -2.09. The molecule has 2 aromatic heterocycles. The lowest BCUT2D eigenvalue weighted by molar-refractivity contribution is 0.355. The van der Waals surface area contributed by atoms with Crippen LogP contribution >= 0.6 is 11.8 Å². The molecule has 92 valence electrons. The number of hydrogen-bond donors (Lipinski definition) is 0. The van der Waals surface area contributed by atoms with E-state index < -0.39 is 0 Å². The first-order chi connectivity index (χ1) is 7.95. The van der Waals surface area contributed by atoms with E-state index in [1.54, 1.807) is 6.20 Å². The molecule has 0 radical (unpaired) electrons. The smallest absolute Gasteiger partial charge is 0.256 e. The van der Waals surface area contributed by atoms with Gasteiger partial charge < -0.3 is 8.94 Å². The predicted molar refractivity (Wildman–Crippen MR) is 66.0 cm³/mol. The molecule has 0 saturated carbocycles. The highest BCUT2D eigenvalue weighted by molar-refractivity contribution is 7.98. The SMILES string of the molecule is Cc1cc(CSc2ncc(C(C)(C)C)o2)no1. The van der Waals surface area contributed by atoms with E-state index in [0.717, 1.165) is 17.2 Å². The average molecular weight is 252 g/mol. The Morgan fingerprint density at radius 1 is 1.35 bits per heavy atom. The minimum Gasteiger partial charge on any atom is -0.436 e. The number of hydrogen-bond acceptors (Lipinski definition) is 5. The van der Waals surface area contributed by atoms with Crippen LogP contribution in [-0.4, -0.2) is 10.1 Å². The van der Waals surface area contributed by atoms with Gasteiger partial charge in [-0.2, -0.15) is 0 Å². The number of nitrogens with zero attached hydrogens (tertiary/aromatic N) is 2. The maximum Gasteiger partial charge on any atom is 0.256 e.